The second kappa shape index (κ2) is 23.2. The Morgan fingerprint density at radius 3 is 1.37 bits per heavy atom. The lowest BCUT2D eigenvalue weighted by Gasteiger charge is -2.41. The van der Waals surface area contributed by atoms with Crippen molar-refractivity contribution in [3.05, 3.63) is 198 Å². The molecule has 0 saturated carbocycles. The van der Waals surface area contributed by atoms with Gasteiger partial charge in [0.2, 0.25) is 0 Å². The predicted octanol–water partition coefficient (Wildman–Crippen LogP) is 9.13. The minimum absolute atomic E-state index is 0.0718. The van der Waals surface area contributed by atoms with Crippen LogP contribution in [0.5, 0.6) is 0 Å². The highest BCUT2D eigenvalue weighted by molar-refractivity contribution is 6.33. The number of anilines is 2. The standard InChI is InChI=1S/C23H19ClF2N2O3.C23H20F2N2O3.C3Cl3N3O3/c24-18-9-10-20(27-21(18)15-5-7-16(25)8-6-15)28-13-11-23(12-14-29,31-22(28)30)17-3-1-2-4-19(17)26;24-17-10-8-16(9-11-17)20-6-3-7-21(26-20)27-14-12-23(13-15-28,30-22(27)29)18-4-1-2-5-19(18)25;4-7-1(10)8(5)3(12)9(6)2(7)11/h1-10,29H,11-14H2;1-11,28H,12-15H2;. The quantitative estimate of drug-likeness (QED) is 0.124. The molecule has 2 atom stereocenters. The van der Waals surface area contributed by atoms with Crippen molar-refractivity contribution in [2.45, 2.75) is 36.9 Å². The van der Waals surface area contributed by atoms with Crippen LogP contribution in [0.1, 0.15) is 36.8 Å². The molecule has 0 aliphatic carbocycles. The minimum Gasteiger partial charge on any atom is -0.437 e. The van der Waals surface area contributed by atoms with Crippen LogP contribution >= 0.6 is 46.9 Å². The van der Waals surface area contributed by atoms with Gasteiger partial charge in [0.1, 0.15) is 46.1 Å². The highest BCUT2D eigenvalue weighted by Gasteiger charge is 2.45. The van der Waals surface area contributed by atoms with E-state index in [2.05, 4.69) is 9.97 Å². The van der Waals surface area contributed by atoms with E-state index in [1.54, 1.807) is 91.0 Å². The third-order valence-corrected chi connectivity index (χ3v) is 12.8. The first-order valence-corrected chi connectivity index (χ1v) is 23.2. The van der Waals surface area contributed by atoms with Crippen molar-refractivity contribution in [2.24, 2.45) is 0 Å². The summed E-state index contributed by atoms with van der Waals surface area (Å²) in [6.45, 7) is -0.0763. The van der Waals surface area contributed by atoms with Gasteiger partial charge in [-0.2, -0.15) is 0 Å². The summed E-state index contributed by atoms with van der Waals surface area (Å²) in [5.74, 6) is -1.02. The van der Waals surface area contributed by atoms with Crippen LogP contribution in [0.4, 0.5) is 38.8 Å². The number of rotatable bonds is 10. The Bertz CT molecular complexity index is 3230. The number of pyridine rings is 2. The molecular formula is C49H39Cl4F4N7O9. The van der Waals surface area contributed by atoms with Gasteiger partial charge in [-0.15, -0.1) is 12.3 Å². The number of aromatic nitrogens is 5. The summed E-state index contributed by atoms with van der Waals surface area (Å²) in [6.07, 6.45) is -0.650. The normalized spacial score (nSPS) is 17.4. The van der Waals surface area contributed by atoms with Gasteiger partial charge in [0.05, 0.1) is 16.4 Å². The molecule has 24 heteroatoms. The van der Waals surface area contributed by atoms with Gasteiger partial charge in [0.15, 0.2) is 0 Å². The molecule has 3 aromatic heterocycles. The van der Waals surface area contributed by atoms with Crippen LogP contribution in [-0.2, 0) is 20.7 Å². The van der Waals surface area contributed by atoms with Crippen molar-refractivity contribution in [3.63, 3.8) is 0 Å². The van der Waals surface area contributed by atoms with E-state index in [4.69, 9.17) is 56.4 Å². The summed E-state index contributed by atoms with van der Waals surface area (Å²) in [7, 11) is 0. The zero-order chi connectivity index (χ0) is 52.6. The second-order valence-electron chi connectivity index (χ2n) is 16.0. The molecule has 0 bridgehead atoms. The third-order valence-electron chi connectivity index (χ3n) is 11.6. The Morgan fingerprint density at radius 2 is 0.945 bits per heavy atom. The second-order valence-corrected chi connectivity index (χ2v) is 17.4. The van der Waals surface area contributed by atoms with Gasteiger partial charge in [-0.1, -0.05) is 54.1 Å². The predicted molar refractivity (Wildman–Crippen MR) is 264 cm³/mol. The number of carbonyl (C=O) groups excluding carboxylic acids is 2. The lowest BCUT2D eigenvalue weighted by atomic mass is 9.85. The van der Waals surface area contributed by atoms with Gasteiger partial charge in [0, 0.05) is 110 Å². The van der Waals surface area contributed by atoms with E-state index in [0.717, 1.165) is 0 Å². The van der Waals surface area contributed by atoms with Crippen molar-refractivity contribution in [1.82, 2.24) is 22.2 Å². The number of benzene rings is 4. The first-order valence-electron chi connectivity index (χ1n) is 21.8. The maximum atomic E-state index is 14.5. The van der Waals surface area contributed by atoms with Crippen LogP contribution in [0.15, 0.2) is 142 Å². The van der Waals surface area contributed by atoms with Crippen molar-refractivity contribution in [2.75, 3.05) is 36.1 Å². The first kappa shape index (κ1) is 53.7. The molecule has 380 valence electrons. The average molecular weight is 1090 g/mol. The van der Waals surface area contributed by atoms with Crippen LogP contribution in [-0.4, -0.2) is 70.9 Å². The van der Waals surface area contributed by atoms with Crippen LogP contribution in [0.2, 0.25) is 5.02 Å². The zero-order valence-corrected chi connectivity index (χ0v) is 40.7. The molecule has 2 aliphatic heterocycles. The Balaban J connectivity index is 0.000000175. The van der Waals surface area contributed by atoms with Crippen LogP contribution in [0.3, 0.4) is 0 Å². The van der Waals surface area contributed by atoms with Gasteiger partial charge < -0.3 is 19.7 Å². The Kier molecular flexibility index (Phi) is 17.1. The molecule has 2 saturated heterocycles. The number of hydrogen-bond acceptors (Lipinski definition) is 11. The maximum absolute atomic E-state index is 14.5. The maximum Gasteiger partial charge on any atom is 0.416 e. The number of carbonyl (C=O) groups is 2. The molecule has 0 spiro atoms. The number of cyclic esters (lactones) is 2. The third kappa shape index (κ3) is 11.8. The number of halogens is 8. The van der Waals surface area contributed by atoms with Gasteiger partial charge in [0.25, 0.3) is 0 Å². The van der Waals surface area contributed by atoms with Crippen molar-refractivity contribution in [3.8, 4) is 22.5 Å². The molecule has 73 heavy (non-hydrogen) atoms. The molecule has 16 nitrogen and oxygen atoms in total. The molecule has 7 aromatic rings. The number of hydrogen-bond donors (Lipinski definition) is 2. The number of ether oxygens (including phenoxy) is 2. The minimum atomic E-state index is -1.26. The highest BCUT2D eigenvalue weighted by atomic mass is 35.5. The number of aliphatic hydroxyl groups excluding tert-OH is 2. The number of aliphatic hydroxyl groups is 2. The summed E-state index contributed by atoms with van der Waals surface area (Å²) in [4.78, 5) is 69.8. The summed E-state index contributed by atoms with van der Waals surface area (Å²) in [6, 6.07) is 32.2. The molecule has 2 fully saturated rings. The molecule has 2 N–H and O–H groups in total. The zero-order valence-electron chi connectivity index (χ0n) is 37.7. The fraction of sp³-hybridized carbons (Fsp3) is 0.204. The molecule has 2 amide bonds. The van der Waals surface area contributed by atoms with E-state index in [-0.39, 0.29) is 80.6 Å². The van der Waals surface area contributed by atoms with Crippen LogP contribution in [0.25, 0.3) is 22.5 Å². The summed E-state index contributed by atoms with van der Waals surface area (Å²) in [5, 5.41) is 19.4. The monoisotopic (exact) mass is 1090 g/mol. The topological polar surface area (TPSA) is 191 Å². The molecule has 9 rings (SSSR count). The summed E-state index contributed by atoms with van der Waals surface area (Å²) < 4.78 is 67.0. The van der Waals surface area contributed by atoms with Crippen LogP contribution < -0.4 is 26.9 Å². The van der Waals surface area contributed by atoms with Crippen molar-refractivity contribution < 1.29 is 46.8 Å². The van der Waals surface area contributed by atoms with E-state index in [1.807, 2.05) is 0 Å². The molecule has 0 radical (unpaired) electrons. The summed E-state index contributed by atoms with van der Waals surface area (Å²) in [5.41, 5.74) is -3.21. The highest BCUT2D eigenvalue weighted by Crippen LogP contribution is 2.41. The van der Waals surface area contributed by atoms with E-state index in [0.29, 0.717) is 45.6 Å². The summed E-state index contributed by atoms with van der Waals surface area (Å²) >= 11 is 21.6. The van der Waals surface area contributed by atoms with Gasteiger partial charge in [-0.3, -0.25) is 9.80 Å². The van der Waals surface area contributed by atoms with Gasteiger partial charge in [-0.25, -0.2) is 51.5 Å². The van der Waals surface area contributed by atoms with E-state index in [1.165, 1.54) is 46.2 Å². The fourth-order valence-corrected chi connectivity index (χ4v) is 8.76. The lowest BCUT2D eigenvalue weighted by Crippen LogP contribution is -2.49. The Morgan fingerprint density at radius 1 is 0.521 bits per heavy atom. The van der Waals surface area contributed by atoms with E-state index in [9.17, 15) is 51.7 Å². The molecule has 2 aliphatic rings. The van der Waals surface area contributed by atoms with Crippen molar-refractivity contribution in [1.29, 1.82) is 0 Å². The number of nitrogens with zero attached hydrogens (tertiary/aromatic N) is 7. The average Bonchev–Trinajstić information content (AvgIpc) is 3.38. The SMILES string of the molecule is O=C1OC(CCO)(c2ccccc2F)CCN1c1ccc(Cl)c(-c2ccc(F)cc2)n1.O=C1OC(CCO)(c2ccccc2F)CCN1c1cccc(-c2ccc(F)cc2)n1.O=c1n(Cl)c(=O)n(Cl)c(=O)n1Cl. The fourth-order valence-electron chi connectivity index (χ4n) is 7.98. The smallest absolute Gasteiger partial charge is 0.416 e. The van der Waals surface area contributed by atoms with Crippen LogP contribution in [0, 0.1) is 23.3 Å². The van der Waals surface area contributed by atoms with Gasteiger partial charge in [-0.05, 0) is 84.9 Å². The molecular weight excluding hydrogens is 1050 g/mol. The first-order chi connectivity index (χ1) is 34.9. The Labute approximate surface area is 431 Å². The number of amides is 2. The molecule has 4 aromatic carbocycles. The van der Waals surface area contributed by atoms with Crippen molar-refractivity contribution >= 4 is 70.8 Å². The van der Waals surface area contributed by atoms with E-state index >= 15 is 0 Å². The van der Waals surface area contributed by atoms with Gasteiger partial charge >= 0.3 is 29.3 Å². The lowest BCUT2D eigenvalue weighted by molar-refractivity contribution is -0.0289. The largest absolute Gasteiger partial charge is 0.437 e. The molecule has 2 unspecified atom stereocenters. The Hall–Kier alpha value is -7.07. The molecule has 5 heterocycles. The van der Waals surface area contributed by atoms with E-state index < -0.39 is 52.1 Å².